The molecule has 140 valence electrons. The zero-order chi connectivity index (χ0) is 19.0. The lowest BCUT2D eigenvalue weighted by molar-refractivity contribution is -0.137. The summed E-state index contributed by atoms with van der Waals surface area (Å²) in [6.07, 6.45) is 1.38. The first kappa shape index (κ1) is 17.9. The third-order valence-electron chi connectivity index (χ3n) is 4.67. The van der Waals surface area contributed by atoms with Crippen LogP contribution in [0.2, 0.25) is 0 Å². The predicted molar refractivity (Wildman–Crippen MR) is 106 cm³/mol. The molecule has 0 saturated carbocycles. The molecule has 0 radical (unpaired) electrons. The van der Waals surface area contributed by atoms with Crippen LogP contribution in [0.1, 0.15) is 18.5 Å². The van der Waals surface area contributed by atoms with E-state index in [4.69, 9.17) is 0 Å². The number of para-hydroxylation sites is 1. The van der Waals surface area contributed by atoms with Gasteiger partial charge in [-0.25, -0.2) is 4.98 Å². The minimum atomic E-state index is -0.529. The number of thiazole rings is 2. The number of anilines is 1. The van der Waals surface area contributed by atoms with E-state index in [1.807, 2.05) is 24.3 Å². The summed E-state index contributed by atoms with van der Waals surface area (Å²) in [7, 11) is 0. The summed E-state index contributed by atoms with van der Waals surface area (Å²) in [5, 5.41) is 5.11. The Morgan fingerprint density at radius 3 is 2.89 bits per heavy atom. The van der Waals surface area contributed by atoms with Crippen LogP contribution in [0.25, 0.3) is 10.2 Å². The van der Waals surface area contributed by atoms with Crippen LogP contribution in [0, 0.1) is 6.92 Å². The van der Waals surface area contributed by atoms with E-state index in [2.05, 4.69) is 10.3 Å². The van der Waals surface area contributed by atoms with Gasteiger partial charge in [0.15, 0.2) is 5.13 Å². The summed E-state index contributed by atoms with van der Waals surface area (Å²) in [5.74, 6) is -0.435. The number of nitrogens with one attached hydrogen (secondary N) is 1. The molecule has 1 fully saturated rings. The van der Waals surface area contributed by atoms with Crippen molar-refractivity contribution in [2.45, 2.75) is 32.4 Å². The SMILES string of the molecule is Cc1csc(=O)n1CC(=O)N1CCCC1C(=O)Nc1nc2ccccc2s1. The second-order valence-electron chi connectivity index (χ2n) is 6.45. The maximum absolute atomic E-state index is 12.7. The van der Waals surface area contributed by atoms with Gasteiger partial charge in [-0.1, -0.05) is 34.8 Å². The van der Waals surface area contributed by atoms with E-state index < -0.39 is 6.04 Å². The van der Waals surface area contributed by atoms with Crippen molar-refractivity contribution in [1.82, 2.24) is 14.5 Å². The number of nitrogens with zero attached hydrogens (tertiary/aromatic N) is 3. The van der Waals surface area contributed by atoms with Crippen LogP contribution in [0.4, 0.5) is 5.13 Å². The molecule has 0 aliphatic carbocycles. The topological polar surface area (TPSA) is 84.3 Å². The monoisotopic (exact) mass is 402 g/mol. The standard InChI is InChI=1S/C18H18N4O3S2/c1-11-10-26-18(25)22(11)9-15(23)21-8-4-6-13(21)16(24)20-17-19-12-5-2-3-7-14(12)27-17/h2-3,5,7,10,13H,4,6,8-9H2,1H3,(H,19,20,24). The molecular weight excluding hydrogens is 384 g/mol. The van der Waals surface area contributed by atoms with Crippen molar-refractivity contribution in [3.05, 3.63) is 45.0 Å². The molecule has 0 bridgehead atoms. The second-order valence-corrected chi connectivity index (χ2v) is 8.30. The number of carbonyl (C=O) groups is 2. The molecule has 1 atom stereocenters. The van der Waals surface area contributed by atoms with Crippen LogP contribution in [-0.4, -0.2) is 38.9 Å². The van der Waals surface area contributed by atoms with Gasteiger partial charge >= 0.3 is 4.87 Å². The number of hydrogen-bond acceptors (Lipinski definition) is 6. The second kappa shape index (κ2) is 7.24. The van der Waals surface area contributed by atoms with Crippen LogP contribution in [0.3, 0.4) is 0 Å². The molecule has 3 heterocycles. The van der Waals surface area contributed by atoms with Gasteiger partial charge in [0.05, 0.1) is 10.2 Å². The Labute approximate surface area is 163 Å². The summed E-state index contributed by atoms with van der Waals surface area (Å²) in [6, 6.07) is 7.15. The number of aryl methyl sites for hydroxylation is 1. The van der Waals surface area contributed by atoms with Crippen molar-refractivity contribution >= 4 is 49.8 Å². The fourth-order valence-electron chi connectivity index (χ4n) is 3.27. The molecular formula is C18H18N4O3S2. The van der Waals surface area contributed by atoms with Gasteiger partial charge in [0.1, 0.15) is 12.6 Å². The van der Waals surface area contributed by atoms with Crippen molar-refractivity contribution in [3.8, 4) is 0 Å². The maximum Gasteiger partial charge on any atom is 0.307 e. The Bertz CT molecular complexity index is 1030. The number of carbonyl (C=O) groups excluding carboxylic acids is 2. The number of benzene rings is 1. The first-order chi connectivity index (χ1) is 13.0. The molecule has 1 aliphatic rings. The van der Waals surface area contributed by atoms with Crippen molar-refractivity contribution in [2.24, 2.45) is 0 Å². The van der Waals surface area contributed by atoms with Crippen LogP contribution >= 0.6 is 22.7 Å². The molecule has 3 aromatic rings. The Balaban J connectivity index is 1.47. The minimum Gasteiger partial charge on any atom is -0.329 e. The lowest BCUT2D eigenvalue weighted by Crippen LogP contribution is -2.45. The quantitative estimate of drug-likeness (QED) is 0.727. The summed E-state index contributed by atoms with van der Waals surface area (Å²) in [4.78, 5) is 43.1. The number of hydrogen-bond donors (Lipinski definition) is 1. The van der Waals surface area contributed by atoms with Gasteiger partial charge in [-0.3, -0.25) is 19.0 Å². The first-order valence-electron chi connectivity index (χ1n) is 8.64. The number of aromatic nitrogens is 2. The van der Waals surface area contributed by atoms with Gasteiger partial charge < -0.3 is 10.2 Å². The van der Waals surface area contributed by atoms with Crippen LogP contribution < -0.4 is 10.2 Å². The molecule has 2 amide bonds. The molecule has 0 spiro atoms. The van der Waals surface area contributed by atoms with E-state index in [0.29, 0.717) is 18.1 Å². The van der Waals surface area contributed by atoms with E-state index >= 15 is 0 Å². The molecule has 1 saturated heterocycles. The van der Waals surface area contributed by atoms with Crippen molar-refractivity contribution < 1.29 is 9.59 Å². The molecule has 2 aromatic heterocycles. The molecule has 9 heteroatoms. The van der Waals surface area contributed by atoms with E-state index in [1.54, 1.807) is 17.2 Å². The van der Waals surface area contributed by atoms with Gasteiger partial charge in [0.25, 0.3) is 0 Å². The lowest BCUT2D eigenvalue weighted by Gasteiger charge is -2.23. The van der Waals surface area contributed by atoms with Crippen LogP contribution in [-0.2, 0) is 16.1 Å². The summed E-state index contributed by atoms with van der Waals surface area (Å²) >= 11 is 2.49. The van der Waals surface area contributed by atoms with E-state index in [0.717, 1.165) is 33.7 Å². The molecule has 4 rings (SSSR count). The van der Waals surface area contributed by atoms with E-state index in [9.17, 15) is 14.4 Å². The highest BCUT2D eigenvalue weighted by molar-refractivity contribution is 7.22. The molecule has 1 aromatic carbocycles. The fraction of sp³-hybridized carbons (Fsp3) is 0.333. The Morgan fingerprint density at radius 1 is 1.33 bits per heavy atom. The molecule has 1 N–H and O–H groups in total. The number of amides is 2. The van der Waals surface area contributed by atoms with Gasteiger partial charge in [-0.05, 0) is 31.9 Å². The van der Waals surface area contributed by atoms with E-state index in [1.165, 1.54) is 15.9 Å². The molecule has 27 heavy (non-hydrogen) atoms. The average Bonchev–Trinajstić information content (AvgIpc) is 3.35. The van der Waals surface area contributed by atoms with Crippen LogP contribution in [0.5, 0.6) is 0 Å². The Kier molecular flexibility index (Phi) is 4.79. The highest BCUT2D eigenvalue weighted by atomic mass is 32.1. The minimum absolute atomic E-state index is 0.0287. The third kappa shape index (κ3) is 3.52. The molecule has 7 nitrogen and oxygen atoms in total. The summed E-state index contributed by atoms with van der Waals surface area (Å²) in [6.45, 7) is 2.29. The van der Waals surface area contributed by atoms with Crippen molar-refractivity contribution in [2.75, 3.05) is 11.9 Å². The number of rotatable bonds is 4. The van der Waals surface area contributed by atoms with Gasteiger partial charge in [0, 0.05) is 17.6 Å². The largest absolute Gasteiger partial charge is 0.329 e. The highest BCUT2D eigenvalue weighted by Gasteiger charge is 2.34. The van der Waals surface area contributed by atoms with Crippen LogP contribution in [0.15, 0.2) is 34.4 Å². The third-order valence-corrected chi connectivity index (χ3v) is 6.50. The maximum atomic E-state index is 12.7. The summed E-state index contributed by atoms with van der Waals surface area (Å²) < 4.78 is 2.45. The van der Waals surface area contributed by atoms with Gasteiger partial charge in [-0.2, -0.15) is 0 Å². The first-order valence-corrected chi connectivity index (χ1v) is 10.3. The highest BCUT2D eigenvalue weighted by Crippen LogP contribution is 2.27. The smallest absolute Gasteiger partial charge is 0.307 e. The zero-order valence-electron chi connectivity index (χ0n) is 14.7. The average molecular weight is 403 g/mol. The zero-order valence-corrected chi connectivity index (χ0v) is 16.3. The summed E-state index contributed by atoms with van der Waals surface area (Å²) in [5.41, 5.74) is 1.59. The normalized spacial score (nSPS) is 16.8. The predicted octanol–water partition coefficient (Wildman–Crippen LogP) is 2.46. The van der Waals surface area contributed by atoms with E-state index in [-0.39, 0.29) is 23.2 Å². The van der Waals surface area contributed by atoms with Gasteiger partial charge in [-0.15, -0.1) is 0 Å². The lowest BCUT2D eigenvalue weighted by atomic mass is 10.2. The Morgan fingerprint density at radius 2 is 2.15 bits per heavy atom. The van der Waals surface area contributed by atoms with Crippen molar-refractivity contribution in [1.29, 1.82) is 0 Å². The fourth-order valence-corrected chi connectivity index (χ4v) is 4.88. The molecule has 1 unspecified atom stereocenters. The van der Waals surface area contributed by atoms with Crippen molar-refractivity contribution in [3.63, 3.8) is 0 Å². The van der Waals surface area contributed by atoms with Gasteiger partial charge in [0.2, 0.25) is 11.8 Å². The number of fused-ring (bicyclic) bond motifs is 1. The number of likely N-dealkylation sites (tertiary alicyclic amines) is 1. The Hall–Kier alpha value is -2.52. The molecule has 1 aliphatic heterocycles.